The largest absolute Gasteiger partial charge is 0.466 e. The number of benzene rings is 1. The van der Waals surface area contributed by atoms with Crippen molar-refractivity contribution >= 4 is 17.5 Å². The number of carbonyl (C=O) groups excluding carboxylic acids is 1. The predicted octanol–water partition coefficient (Wildman–Crippen LogP) is 2.50. The molecule has 0 bridgehead atoms. The molecule has 4 nitrogen and oxygen atoms in total. The summed E-state index contributed by atoms with van der Waals surface area (Å²) in [5.41, 5.74) is -0.482. The molecule has 0 radical (unpaired) electrons. The zero-order valence-corrected chi connectivity index (χ0v) is 11.9. The first-order chi connectivity index (χ1) is 9.49. The molecule has 1 heterocycles. The Hall–Kier alpha value is -1.78. The van der Waals surface area contributed by atoms with Crippen LogP contribution in [0.3, 0.4) is 0 Å². The van der Waals surface area contributed by atoms with Gasteiger partial charge in [0.15, 0.2) is 0 Å². The molecule has 1 unspecified atom stereocenters. The van der Waals surface area contributed by atoms with E-state index >= 15 is 0 Å². The fourth-order valence-electron chi connectivity index (χ4n) is 1.82. The van der Waals surface area contributed by atoms with Crippen LogP contribution in [0, 0.1) is 0 Å². The van der Waals surface area contributed by atoms with Gasteiger partial charge in [0.2, 0.25) is 5.91 Å². The van der Waals surface area contributed by atoms with E-state index in [-0.39, 0.29) is 18.9 Å². The number of hydrogen-bond donors (Lipinski definition) is 2. The van der Waals surface area contributed by atoms with Crippen LogP contribution in [-0.2, 0) is 16.8 Å². The van der Waals surface area contributed by atoms with Gasteiger partial charge >= 0.3 is 0 Å². The van der Waals surface area contributed by atoms with Gasteiger partial charge in [-0.25, -0.2) is 0 Å². The Balaban J connectivity index is 1.91. The van der Waals surface area contributed by atoms with Gasteiger partial charge in [-0.2, -0.15) is 0 Å². The lowest BCUT2D eigenvalue weighted by atomic mass is 10.0. The average Bonchev–Trinajstić information content (AvgIpc) is 2.94. The van der Waals surface area contributed by atoms with Crippen molar-refractivity contribution in [1.29, 1.82) is 0 Å². The van der Waals surface area contributed by atoms with Gasteiger partial charge in [-0.05, 0) is 30.7 Å². The van der Waals surface area contributed by atoms with Crippen LogP contribution in [0.5, 0.6) is 0 Å². The summed E-state index contributed by atoms with van der Waals surface area (Å²) in [6.07, 6.45) is 1.66. The van der Waals surface area contributed by atoms with Gasteiger partial charge in [0.1, 0.15) is 11.4 Å². The molecule has 2 rings (SSSR count). The van der Waals surface area contributed by atoms with Crippen molar-refractivity contribution in [3.05, 3.63) is 59.0 Å². The highest BCUT2D eigenvalue weighted by molar-refractivity contribution is 6.31. The fourth-order valence-corrected chi connectivity index (χ4v) is 2.02. The first kappa shape index (κ1) is 14.6. The average molecular weight is 294 g/mol. The molecular weight excluding hydrogens is 278 g/mol. The van der Waals surface area contributed by atoms with Crippen LogP contribution in [0.15, 0.2) is 47.1 Å². The van der Waals surface area contributed by atoms with Crippen LogP contribution in [-0.4, -0.2) is 17.6 Å². The normalized spacial score (nSPS) is 13.8. The van der Waals surface area contributed by atoms with E-state index in [4.69, 9.17) is 16.0 Å². The minimum atomic E-state index is -1.24. The van der Waals surface area contributed by atoms with Crippen molar-refractivity contribution in [1.82, 2.24) is 5.32 Å². The molecule has 2 aromatic rings. The lowest BCUT2D eigenvalue weighted by Gasteiger charge is -2.21. The Kier molecular flexibility index (Phi) is 4.47. The third kappa shape index (κ3) is 3.62. The number of furan rings is 1. The van der Waals surface area contributed by atoms with Gasteiger partial charge < -0.3 is 14.8 Å². The second-order valence-corrected chi connectivity index (χ2v) is 5.20. The molecule has 0 aliphatic carbocycles. The molecule has 0 aliphatic rings. The van der Waals surface area contributed by atoms with Crippen LogP contribution in [0.2, 0.25) is 5.02 Å². The maximum Gasteiger partial charge on any atom is 0.224 e. The lowest BCUT2D eigenvalue weighted by molar-refractivity contribution is -0.121. The third-order valence-electron chi connectivity index (χ3n) is 2.99. The third-order valence-corrected chi connectivity index (χ3v) is 3.36. The van der Waals surface area contributed by atoms with Gasteiger partial charge in [0.25, 0.3) is 0 Å². The highest BCUT2D eigenvalue weighted by Crippen LogP contribution is 2.20. The number of carbonyl (C=O) groups is 1. The molecule has 0 spiro atoms. The number of amides is 1. The summed E-state index contributed by atoms with van der Waals surface area (Å²) in [6.45, 7) is 1.66. The SMILES string of the molecule is CC(O)(CNC(=O)Cc1ccccc1Cl)c1ccco1. The van der Waals surface area contributed by atoms with E-state index in [0.717, 1.165) is 5.56 Å². The van der Waals surface area contributed by atoms with E-state index in [1.807, 2.05) is 12.1 Å². The van der Waals surface area contributed by atoms with E-state index in [2.05, 4.69) is 5.32 Å². The molecule has 0 saturated carbocycles. The Labute approximate surface area is 122 Å². The van der Waals surface area contributed by atoms with Crippen LogP contribution >= 0.6 is 11.6 Å². The van der Waals surface area contributed by atoms with Crippen molar-refractivity contribution in [2.75, 3.05) is 6.54 Å². The van der Waals surface area contributed by atoms with Crippen molar-refractivity contribution < 1.29 is 14.3 Å². The molecule has 0 aliphatic heterocycles. The van der Waals surface area contributed by atoms with E-state index in [1.165, 1.54) is 6.26 Å². The maximum atomic E-state index is 11.9. The molecule has 106 valence electrons. The summed E-state index contributed by atoms with van der Waals surface area (Å²) in [7, 11) is 0. The zero-order valence-electron chi connectivity index (χ0n) is 11.1. The highest BCUT2D eigenvalue weighted by Gasteiger charge is 2.26. The molecule has 1 aromatic carbocycles. The summed E-state index contributed by atoms with van der Waals surface area (Å²) in [5, 5.41) is 13.4. The van der Waals surface area contributed by atoms with Gasteiger partial charge in [-0.3, -0.25) is 4.79 Å². The Morgan fingerprint density at radius 3 is 2.75 bits per heavy atom. The number of hydrogen-bond acceptors (Lipinski definition) is 3. The van der Waals surface area contributed by atoms with Crippen molar-refractivity contribution in [2.45, 2.75) is 18.9 Å². The second-order valence-electron chi connectivity index (χ2n) is 4.80. The van der Waals surface area contributed by atoms with Crippen LogP contribution < -0.4 is 5.32 Å². The van der Waals surface area contributed by atoms with Crippen LogP contribution in [0.25, 0.3) is 0 Å². The van der Waals surface area contributed by atoms with E-state index in [9.17, 15) is 9.90 Å². The maximum absolute atomic E-state index is 11.9. The van der Waals surface area contributed by atoms with Gasteiger partial charge in [0, 0.05) is 5.02 Å². The second kappa shape index (κ2) is 6.11. The molecule has 1 amide bonds. The summed E-state index contributed by atoms with van der Waals surface area (Å²) in [4.78, 5) is 11.9. The molecule has 20 heavy (non-hydrogen) atoms. The smallest absolute Gasteiger partial charge is 0.224 e. The Morgan fingerprint density at radius 1 is 1.35 bits per heavy atom. The van der Waals surface area contributed by atoms with Crippen LogP contribution in [0.1, 0.15) is 18.2 Å². The zero-order chi connectivity index (χ0) is 14.6. The molecule has 5 heteroatoms. The number of halogens is 1. The molecular formula is C15H16ClNO3. The van der Waals surface area contributed by atoms with Gasteiger partial charge in [-0.15, -0.1) is 0 Å². The number of aliphatic hydroxyl groups is 1. The minimum absolute atomic E-state index is 0.0732. The number of rotatable bonds is 5. The molecule has 0 saturated heterocycles. The predicted molar refractivity (Wildman–Crippen MR) is 76.4 cm³/mol. The number of nitrogens with one attached hydrogen (secondary N) is 1. The summed E-state index contributed by atoms with van der Waals surface area (Å²) in [5.74, 6) is 0.209. The van der Waals surface area contributed by atoms with Crippen molar-refractivity contribution in [3.8, 4) is 0 Å². The molecule has 1 atom stereocenters. The summed E-state index contributed by atoms with van der Waals surface area (Å²) >= 11 is 6.00. The lowest BCUT2D eigenvalue weighted by Crippen LogP contribution is -2.39. The van der Waals surface area contributed by atoms with Crippen molar-refractivity contribution in [2.24, 2.45) is 0 Å². The minimum Gasteiger partial charge on any atom is -0.466 e. The highest BCUT2D eigenvalue weighted by atomic mass is 35.5. The Bertz CT molecular complexity index is 579. The first-order valence-electron chi connectivity index (χ1n) is 6.25. The van der Waals surface area contributed by atoms with E-state index in [1.54, 1.807) is 31.2 Å². The standard InChI is InChI=1S/C15H16ClNO3/c1-15(19,13-7-4-8-20-13)10-17-14(18)9-11-5-2-3-6-12(11)16/h2-8,19H,9-10H2,1H3,(H,17,18). The summed E-state index contributed by atoms with van der Waals surface area (Å²) < 4.78 is 5.15. The molecule has 1 aromatic heterocycles. The van der Waals surface area contributed by atoms with Crippen molar-refractivity contribution in [3.63, 3.8) is 0 Å². The quantitative estimate of drug-likeness (QED) is 0.890. The van der Waals surface area contributed by atoms with E-state index < -0.39 is 5.60 Å². The summed E-state index contributed by atoms with van der Waals surface area (Å²) in [6, 6.07) is 10.5. The fraction of sp³-hybridized carbons (Fsp3) is 0.267. The van der Waals surface area contributed by atoms with E-state index in [0.29, 0.717) is 10.8 Å². The first-order valence-corrected chi connectivity index (χ1v) is 6.63. The van der Waals surface area contributed by atoms with Gasteiger partial charge in [0.05, 0.1) is 19.2 Å². The van der Waals surface area contributed by atoms with Crippen LogP contribution in [0.4, 0.5) is 0 Å². The molecule has 0 fully saturated rings. The monoisotopic (exact) mass is 293 g/mol. The topological polar surface area (TPSA) is 62.5 Å². The Morgan fingerprint density at radius 2 is 2.10 bits per heavy atom. The van der Waals surface area contributed by atoms with Gasteiger partial charge in [-0.1, -0.05) is 29.8 Å². The molecule has 2 N–H and O–H groups in total.